The van der Waals surface area contributed by atoms with Crippen LogP contribution in [0.4, 0.5) is 5.82 Å². The summed E-state index contributed by atoms with van der Waals surface area (Å²) in [6.45, 7) is 2.76. The van der Waals surface area contributed by atoms with Crippen LogP contribution in [-0.4, -0.2) is 52.3 Å². The van der Waals surface area contributed by atoms with Crippen molar-refractivity contribution in [3.63, 3.8) is 0 Å². The Hall–Kier alpha value is -3.62. The number of rotatable bonds is 5. The van der Waals surface area contributed by atoms with Gasteiger partial charge in [-0.1, -0.05) is 17.3 Å². The summed E-state index contributed by atoms with van der Waals surface area (Å²) in [5.74, 6) is 1.34. The highest BCUT2D eigenvalue weighted by Gasteiger charge is 2.29. The van der Waals surface area contributed by atoms with E-state index in [1.54, 1.807) is 31.1 Å². The van der Waals surface area contributed by atoms with Gasteiger partial charge >= 0.3 is 0 Å². The standard InChI is InChI=1S/C21H23N5O4/c1-13-11-19(25-30-13)22-20(27)14-7-9-26(10-8-14)21(28)17-12-16(23-24-17)15-5-3-4-6-18(15)29-2/h3-6,11-12,14H,7-10H2,1-2H3,(H,23,24)(H,22,25,27). The van der Waals surface area contributed by atoms with Crippen molar-refractivity contribution in [2.75, 3.05) is 25.5 Å². The van der Waals surface area contributed by atoms with Gasteiger partial charge in [0.15, 0.2) is 5.82 Å². The van der Waals surface area contributed by atoms with E-state index in [2.05, 4.69) is 20.7 Å². The van der Waals surface area contributed by atoms with E-state index in [-0.39, 0.29) is 17.7 Å². The van der Waals surface area contributed by atoms with E-state index in [0.717, 1.165) is 5.56 Å². The topological polar surface area (TPSA) is 113 Å². The molecular formula is C21H23N5O4. The number of carbonyl (C=O) groups is 2. The number of anilines is 1. The third-order valence-corrected chi connectivity index (χ3v) is 5.22. The Balaban J connectivity index is 1.36. The number of H-pyrrole nitrogens is 1. The molecule has 2 N–H and O–H groups in total. The Morgan fingerprint density at radius 3 is 2.70 bits per heavy atom. The van der Waals surface area contributed by atoms with Crippen LogP contribution in [-0.2, 0) is 4.79 Å². The first-order valence-corrected chi connectivity index (χ1v) is 9.77. The first-order chi connectivity index (χ1) is 14.5. The van der Waals surface area contributed by atoms with Crippen molar-refractivity contribution in [3.05, 3.63) is 47.9 Å². The summed E-state index contributed by atoms with van der Waals surface area (Å²) in [5, 5.41) is 13.6. The molecule has 0 spiro atoms. The molecule has 2 aromatic heterocycles. The maximum atomic E-state index is 12.9. The summed E-state index contributed by atoms with van der Waals surface area (Å²) in [7, 11) is 1.60. The van der Waals surface area contributed by atoms with E-state index in [0.29, 0.717) is 54.6 Å². The predicted octanol–water partition coefficient (Wildman–Crippen LogP) is 2.87. The minimum Gasteiger partial charge on any atom is -0.496 e. The molecule has 0 bridgehead atoms. The van der Waals surface area contributed by atoms with Crippen molar-refractivity contribution in [1.29, 1.82) is 0 Å². The normalized spacial score (nSPS) is 14.5. The first kappa shape index (κ1) is 19.7. The Kier molecular flexibility index (Phi) is 5.51. The number of aromatic amines is 1. The van der Waals surface area contributed by atoms with Crippen LogP contribution < -0.4 is 10.1 Å². The van der Waals surface area contributed by atoms with Gasteiger partial charge in [0.05, 0.1) is 12.8 Å². The second-order valence-electron chi connectivity index (χ2n) is 7.25. The molecule has 9 nitrogen and oxygen atoms in total. The van der Waals surface area contributed by atoms with Gasteiger partial charge in [-0.15, -0.1) is 0 Å². The maximum Gasteiger partial charge on any atom is 0.271 e. The van der Waals surface area contributed by atoms with Crippen molar-refractivity contribution in [1.82, 2.24) is 20.3 Å². The first-order valence-electron chi connectivity index (χ1n) is 9.77. The van der Waals surface area contributed by atoms with E-state index in [1.165, 1.54) is 0 Å². The number of para-hydroxylation sites is 1. The van der Waals surface area contributed by atoms with Gasteiger partial charge < -0.3 is 19.5 Å². The quantitative estimate of drug-likeness (QED) is 0.670. The van der Waals surface area contributed by atoms with Crippen LogP contribution >= 0.6 is 0 Å². The van der Waals surface area contributed by atoms with Gasteiger partial charge in [-0.2, -0.15) is 5.10 Å². The number of methoxy groups -OCH3 is 1. The number of carbonyl (C=O) groups excluding carboxylic acids is 2. The molecule has 3 aromatic rings. The zero-order chi connectivity index (χ0) is 21.1. The zero-order valence-electron chi connectivity index (χ0n) is 16.8. The molecule has 0 aliphatic carbocycles. The van der Waals surface area contributed by atoms with Crippen LogP contribution in [0.3, 0.4) is 0 Å². The van der Waals surface area contributed by atoms with E-state index in [9.17, 15) is 9.59 Å². The highest BCUT2D eigenvalue weighted by atomic mass is 16.5. The Labute approximate surface area is 173 Å². The van der Waals surface area contributed by atoms with Gasteiger partial charge in [-0.05, 0) is 38.0 Å². The van der Waals surface area contributed by atoms with Gasteiger partial charge in [0, 0.05) is 30.6 Å². The van der Waals surface area contributed by atoms with Gasteiger partial charge in [-0.25, -0.2) is 0 Å². The number of benzene rings is 1. The largest absolute Gasteiger partial charge is 0.496 e. The average molecular weight is 409 g/mol. The van der Waals surface area contributed by atoms with E-state index >= 15 is 0 Å². The molecule has 1 aliphatic rings. The third kappa shape index (κ3) is 4.05. The lowest BCUT2D eigenvalue weighted by molar-refractivity contribution is -0.121. The molecule has 1 saturated heterocycles. The molecule has 0 saturated carbocycles. The molecule has 2 amide bonds. The molecule has 1 fully saturated rings. The van der Waals surface area contributed by atoms with Crippen LogP contribution in [0.25, 0.3) is 11.3 Å². The van der Waals surface area contributed by atoms with Crippen LogP contribution in [0, 0.1) is 12.8 Å². The molecule has 4 rings (SSSR count). The molecule has 1 aromatic carbocycles. The second-order valence-corrected chi connectivity index (χ2v) is 7.25. The second kappa shape index (κ2) is 8.40. The fraction of sp³-hybridized carbons (Fsp3) is 0.333. The summed E-state index contributed by atoms with van der Waals surface area (Å²) < 4.78 is 10.3. The van der Waals surface area contributed by atoms with E-state index in [4.69, 9.17) is 9.26 Å². The summed E-state index contributed by atoms with van der Waals surface area (Å²) in [6.07, 6.45) is 1.17. The Bertz CT molecular complexity index is 1050. The average Bonchev–Trinajstić information content (AvgIpc) is 3.42. The van der Waals surface area contributed by atoms with Gasteiger partial charge in [-0.3, -0.25) is 14.7 Å². The van der Waals surface area contributed by atoms with Crippen LogP contribution in [0.1, 0.15) is 29.1 Å². The van der Waals surface area contributed by atoms with Gasteiger partial charge in [0.25, 0.3) is 5.91 Å². The monoisotopic (exact) mass is 409 g/mol. The molecule has 0 atom stereocenters. The summed E-state index contributed by atoms with van der Waals surface area (Å²) in [6, 6.07) is 10.9. The van der Waals surface area contributed by atoms with Gasteiger partial charge in [0.2, 0.25) is 5.91 Å². The molecule has 3 heterocycles. The number of likely N-dealkylation sites (tertiary alicyclic amines) is 1. The van der Waals surface area contributed by atoms with Crippen LogP contribution in [0.5, 0.6) is 5.75 Å². The SMILES string of the molecule is COc1ccccc1-c1cc(C(=O)N2CCC(C(=O)Nc3cc(C)on3)CC2)[nH]n1. The lowest BCUT2D eigenvalue weighted by Gasteiger charge is -2.30. The summed E-state index contributed by atoms with van der Waals surface area (Å²) in [5.41, 5.74) is 1.87. The fourth-order valence-electron chi connectivity index (χ4n) is 3.59. The third-order valence-electron chi connectivity index (χ3n) is 5.22. The number of amides is 2. The van der Waals surface area contributed by atoms with Crippen molar-refractivity contribution in [2.45, 2.75) is 19.8 Å². The minimum absolute atomic E-state index is 0.101. The fourth-order valence-corrected chi connectivity index (χ4v) is 3.59. The number of hydrogen-bond donors (Lipinski definition) is 2. The molecule has 30 heavy (non-hydrogen) atoms. The molecule has 0 radical (unpaired) electrons. The minimum atomic E-state index is -0.169. The lowest BCUT2D eigenvalue weighted by Crippen LogP contribution is -2.41. The number of aryl methyl sites for hydroxylation is 1. The van der Waals surface area contributed by atoms with Crippen LogP contribution in [0.15, 0.2) is 40.9 Å². The highest BCUT2D eigenvalue weighted by Crippen LogP contribution is 2.29. The van der Waals surface area contributed by atoms with Crippen molar-refractivity contribution >= 4 is 17.6 Å². The summed E-state index contributed by atoms with van der Waals surface area (Å²) in [4.78, 5) is 27.0. The van der Waals surface area contributed by atoms with Crippen LogP contribution in [0.2, 0.25) is 0 Å². The van der Waals surface area contributed by atoms with E-state index < -0.39 is 0 Å². The highest BCUT2D eigenvalue weighted by molar-refractivity contribution is 5.94. The number of aromatic nitrogens is 3. The van der Waals surface area contributed by atoms with E-state index in [1.807, 2.05) is 24.3 Å². The van der Waals surface area contributed by atoms with Gasteiger partial charge in [0.1, 0.15) is 17.2 Å². The molecule has 1 aliphatic heterocycles. The number of nitrogens with one attached hydrogen (secondary N) is 2. The number of piperidine rings is 1. The smallest absolute Gasteiger partial charge is 0.271 e. The molecule has 0 unspecified atom stereocenters. The molecule has 156 valence electrons. The van der Waals surface area contributed by atoms with Crippen molar-refractivity contribution in [3.8, 4) is 17.0 Å². The number of nitrogens with zero attached hydrogens (tertiary/aromatic N) is 3. The Morgan fingerprint density at radius 1 is 1.23 bits per heavy atom. The van der Waals surface area contributed by atoms with Crippen molar-refractivity contribution < 1.29 is 18.8 Å². The predicted molar refractivity (Wildman–Crippen MR) is 109 cm³/mol. The van der Waals surface area contributed by atoms with Crippen molar-refractivity contribution in [2.24, 2.45) is 5.92 Å². The number of hydrogen-bond acceptors (Lipinski definition) is 6. The Morgan fingerprint density at radius 2 is 2.00 bits per heavy atom. The zero-order valence-corrected chi connectivity index (χ0v) is 16.8. The maximum absolute atomic E-state index is 12.9. The molecular weight excluding hydrogens is 386 g/mol. The molecule has 9 heteroatoms. The number of ether oxygens (including phenoxy) is 1. The summed E-state index contributed by atoms with van der Waals surface area (Å²) >= 11 is 0. The lowest BCUT2D eigenvalue weighted by atomic mass is 9.95.